The van der Waals surface area contributed by atoms with E-state index in [9.17, 15) is 8.42 Å². The van der Waals surface area contributed by atoms with Gasteiger partial charge in [0, 0.05) is 4.88 Å². The van der Waals surface area contributed by atoms with Crippen molar-refractivity contribution in [2.45, 2.75) is 18.9 Å². The van der Waals surface area contributed by atoms with Gasteiger partial charge in [0.15, 0.2) is 0 Å². The minimum Gasteiger partial charge on any atom is -0.448 e. The Bertz CT molecular complexity index is 1040. The minimum absolute atomic E-state index is 0.118. The van der Waals surface area contributed by atoms with Gasteiger partial charge in [-0.2, -0.15) is 13.7 Å². The van der Waals surface area contributed by atoms with E-state index in [1.54, 1.807) is 25.1 Å². The molecule has 0 unspecified atom stereocenters. The van der Waals surface area contributed by atoms with Crippen molar-refractivity contribution in [2.75, 3.05) is 4.72 Å². The highest BCUT2D eigenvalue weighted by atomic mass is 32.2. The van der Waals surface area contributed by atoms with Gasteiger partial charge in [0.1, 0.15) is 16.7 Å². The molecule has 0 spiro atoms. The van der Waals surface area contributed by atoms with E-state index in [0.29, 0.717) is 16.3 Å². The molecule has 0 aliphatic rings. The first kappa shape index (κ1) is 16.3. The van der Waals surface area contributed by atoms with Gasteiger partial charge in [0.2, 0.25) is 5.09 Å². The Kier molecular flexibility index (Phi) is 4.18. The highest BCUT2D eigenvalue weighted by molar-refractivity contribution is 7.92. The summed E-state index contributed by atoms with van der Waals surface area (Å²) in [5.41, 5.74) is 2.12. The van der Waals surface area contributed by atoms with Crippen molar-refractivity contribution >= 4 is 27.0 Å². The number of nitrogens with zero attached hydrogens (tertiary/aromatic N) is 1. The molecule has 0 aliphatic heterocycles. The van der Waals surface area contributed by atoms with Crippen LogP contribution in [0.3, 0.4) is 0 Å². The average Bonchev–Trinajstić information content (AvgIpc) is 3.18. The summed E-state index contributed by atoms with van der Waals surface area (Å²) < 4.78 is 32.6. The fraction of sp³-hybridized carbons (Fsp3) is 0.118. The topological polar surface area (TPSA) is 83.1 Å². The molecule has 24 heavy (non-hydrogen) atoms. The summed E-state index contributed by atoms with van der Waals surface area (Å²) in [5.74, 6) is 0.531. The number of anilines is 1. The first-order valence-corrected chi connectivity index (χ1v) is 9.39. The zero-order valence-electron chi connectivity index (χ0n) is 13.0. The van der Waals surface area contributed by atoms with E-state index in [2.05, 4.69) is 10.8 Å². The molecule has 0 atom stereocenters. The van der Waals surface area contributed by atoms with Gasteiger partial charge in [-0.3, -0.25) is 4.72 Å². The predicted molar refractivity (Wildman–Crippen MR) is 93.5 cm³/mol. The maximum absolute atomic E-state index is 12.4. The second kappa shape index (κ2) is 6.15. The summed E-state index contributed by atoms with van der Waals surface area (Å²) in [6.45, 7) is 3.51. The molecule has 0 saturated carbocycles. The third-order valence-electron chi connectivity index (χ3n) is 3.46. The largest absolute Gasteiger partial charge is 0.448 e. The second-order valence-electron chi connectivity index (χ2n) is 5.28. The lowest BCUT2D eigenvalue weighted by Crippen LogP contribution is -2.13. The lowest BCUT2D eigenvalue weighted by atomic mass is 10.1. The molecular formula is C17H14N2O3S2. The molecule has 5 nitrogen and oxygen atoms in total. The molecule has 3 rings (SSSR count). The monoisotopic (exact) mass is 358 g/mol. The van der Waals surface area contributed by atoms with Crippen LogP contribution < -0.4 is 4.72 Å². The van der Waals surface area contributed by atoms with Crippen LogP contribution in [0.25, 0.3) is 10.4 Å². The molecule has 1 N–H and O–H groups in total. The molecule has 0 bridgehead atoms. The fourth-order valence-corrected chi connectivity index (χ4v) is 4.09. The molecular weight excluding hydrogens is 344 g/mol. The number of nitriles is 1. The van der Waals surface area contributed by atoms with E-state index >= 15 is 0 Å². The van der Waals surface area contributed by atoms with Gasteiger partial charge in [-0.1, -0.05) is 12.1 Å². The fourth-order valence-electron chi connectivity index (χ4n) is 2.19. The number of nitrogens with one attached hydrogen (secondary N) is 1. The van der Waals surface area contributed by atoms with Crippen LogP contribution in [0.4, 0.5) is 5.69 Å². The van der Waals surface area contributed by atoms with Crippen molar-refractivity contribution in [3.63, 3.8) is 0 Å². The molecule has 0 amide bonds. The second-order valence-corrected chi connectivity index (χ2v) is 7.97. The third kappa shape index (κ3) is 3.20. The summed E-state index contributed by atoms with van der Waals surface area (Å²) >= 11 is 1.36. The van der Waals surface area contributed by atoms with Crippen molar-refractivity contribution in [1.82, 2.24) is 0 Å². The van der Waals surface area contributed by atoms with Crippen LogP contribution in [0.15, 0.2) is 52.0 Å². The van der Waals surface area contributed by atoms with Crippen molar-refractivity contribution in [3.05, 3.63) is 58.7 Å². The summed E-state index contributed by atoms with van der Waals surface area (Å²) in [7, 11) is -3.78. The first-order valence-electron chi connectivity index (χ1n) is 7.09. The SMILES string of the molecule is Cc1ccc(S(=O)(=O)Nc2cc(-c3ccc(C#N)s3)ccc2C)o1. The molecule has 0 fully saturated rings. The number of furan rings is 1. The Labute approximate surface area is 144 Å². The van der Waals surface area contributed by atoms with Gasteiger partial charge in [-0.25, -0.2) is 0 Å². The molecule has 0 radical (unpaired) electrons. The summed E-state index contributed by atoms with van der Waals surface area (Å²) in [4.78, 5) is 1.51. The van der Waals surface area contributed by atoms with Crippen molar-refractivity contribution < 1.29 is 12.8 Å². The molecule has 2 aromatic heterocycles. The van der Waals surface area contributed by atoms with E-state index in [1.165, 1.54) is 17.4 Å². The van der Waals surface area contributed by atoms with Crippen LogP contribution in [-0.2, 0) is 10.0 Å². The van der Waals surface area contributed by atoms with Crippen LogP contribution in [-0.4, -0.2) is 8.42 Å². The van der Waals surface area contributed by atoms with Crippen LogP contribution >= 0.6 is 11.3 Å². The standard InChI is InChI=1S/C17H14N2O3S2/c1-11-3-5-13(16-7-6-14(10-18)23-16)9-15(11)19-24(20,21)17-8-4-12(2)22-17/h3-9,19H,1-2H3. The van der Waals surface area contributed by atoms with Crippen molar-refractivity contribution in [3.8, 4) is 16.5 Å². The average molecular weight is 358 g/mol. The molecule has 3 aromatic rings. The summed E-state index contributed by atoms with van der Waals surface area (Å²) in [6, 6.07) is 14.2. The summed E-state index contributed by atoms with van der Waals surface area (Å²) in [6.07, 6.45) is 0. The highest BCUT2D eigenvalue weighted by Gasteiger charge is 2.19. The lowest BCUT2D eigenvalue weighted by molar-refractivity contribution is 0.430. The van der Waals surface area contributed by atoms with Crippen molar-refractivity contribution in [1.29, 1.82) is 5.26 Å². The number of hydrogen-bond acceptors (Lipinski definition) is 5. The number of hydrogen-bond donors (Lipinski definition) is 1. The van der Waals surface area contributed by atoms with Crippen LogP contribution in [0.5, 0.6) is 0 Å². The Morgan fingerprint density at radius 3 is 2.54 bits per heavy atom. The molecule has 1 aromatic carbocycles. The first-order chi connectivity index (χ1) is 11.4. The Hall–Kier alpha value is -2.56. The summed E-state index contributed by atoms with van der Waals surface area (Å²) in [5, 5.41) is 8.82. The van der Waals surface area contributed by atoms with E-state index in [0.717, 1.165) is 16.0 Å². The van der Waals surface area contributed by atoms with Gasteiger partial charge in [-0.05, 0) is 55.3 Å². The van der Waals surface area contributed by atoms with E-state index < -0.39 is 10.0 Å². The van der Waals surface area contributed by atoms with Gasteiger partial charge >= 0.3 is 0 Å². The third-order valence-corrected chi connectivity index (χ3v) is 5.74. The molecule has 122 valence electrons. The number of rotatable bonds is 4. The predicted octanol–water partition coefficient (Wildman–Crippen LogP) is 4.30. The zero-order chi connectivity index (χ0) is 17.3. The van der Waals surface area contributed by atoms with Crippen molar-refractivity contribution in [2.24, 2.45) is 0 Å². The van der Waals surface area contributed by atoms with E-state index in [-0.39, 0.29) is 5.09 Å². The smallest absolute Gasteiger partial charge is 0.295 e. The molecule has 0 saturated heterocycles. The Balaban J connectivity index is 1.96. The van der Waals surface area contributed by atoms with Crippen LogP contribution in [0.1, 0.15) is 16.2 Å². The van der Waals surface area contributed by atoms with Gasteiger partial charge < -0.3 is 4.42 Å². The lowest BCUT2D eigenvalue weighted by Gasteiger charge is -2.10. The van der Waals surface area contributed by atoms with Crippen LogP contribution in [0.2, 0.25) is 0 Å². The number of sulfonamides is 1. The molecule has 7 heteroatoms. The van der Waals surface area contributed by atoms with Crippen LogP contribution in [0, 0.1) is 25.2 Å². The molecule has 2 heterocycles. The maximum atomic E-state index is 12.4. The van der Waals surface area contributed by atoms with Gasteiger partial charge in [0.25, 0.3) is 10.0 Å². The number of benzene rings is 1. The quantitative estimate of drug-likeness (QED) is 0.754. The van der Waals surface area contributed by atoms with E-state index in [1.807, 2.05) is 25.1 Å². The highest BCUT2D eigenvalue weighted by Crippen LogP contribution is 2.31. The Morgan fingerprint density at radius 2 is 1.92 bits per heavy atom. The van der Waals surface area contributed by atoms with Gasteiger partial charge in [-0.15, -0.1) is 11.3 Å². The van der Waals surface area contributed by atoms with E-state index in [4.69, 9.17) is 9.68 Å². The minimum atomic E-state index is -3.78. The zero-order valence-corrected chi connectivity index (χ0v) is 14.7. The number of aryl methyl sites for hydroxylation is 2. The van der Waals surface area contributed by atoms with Gasteiger partial charge in [0.05, 0.1) is 5.69 Å². The maximum Gasteiger partial charge on any atom is 0.295 e. The Morgan fingerprint density at radius 1 is 1.12 bits per heavy atom. The normalized spacial score (nSPS) is 11.2. The number of thiophene rings is 1. The molecule has 0 aliphatic carbocycles.